The molecular weight excluding hydrogens is 185 g/mol. The average Bonchev–Trinajstić information content (AvgIpc) is 1.88. The Hall–Kier alpha value is 0.584. The second kappa shape index (κ2) is 23.5. The summed E-state index contributed by atoms with van der Waals surface area (Å²) in [5.41, 5.74) is 0. The van der Waals surface area contributed by atoms with E-state index in [0.29, 0.717) is 0 Å². The molecule has 0 unspecified atom stereocenters. The first kappa shape index (κ1) is 16.3. The van der Waals surface area contributed by atoms with Gasteiger partial charge >= 0.3 is 0 Å². The Kier molecular flexibility index (Phi) is 42.5. The second-order valence-electron chi connectivity index (χ2n) is 1.30. The molecule has 9 heavy (non-hydrogen) atoms. The van der Waals surface area contributed by atoms with Gasteiger partial charge in [0.2, 0.25) is 0 Å². The van der Waals surface area contributed by atoms with Crippen LogP contribution in [0, 0.1) is 6.08 Å². The van der Waals surface area contributed by atoms with Crippen LogP contribution < -0.4 is 0 Å². The predicted octanol–water partition coefficient (Wildman–Crippen LogP) is 2.97. The summed E-state index contributed by atoms with van der Waals surface area (Å²) in [4.78, 5) is 0. The van der Waals surface area contributed by atoms with Gasteiger partial charge in [-0.2, -0.15) is 6.42 Å². The normalized spacial score (nSPS) is 5.56. The van der Waals surface area contributed by atoms with Gasteiger partial charge in [0.05, 0.1) is 0 Å². The van der Waals surface area contributed by atoms with Crippen molar-refractivity contribution in [3.8, 4) is 0 Å². The summed E-state index contributed by atoms with van der Waals surface area (Å²) in [6.07, 6.45) is 6.60. The van der Waals surface area contributed by atoms with E-state index < -0.39 is 0 Å². The molecule has 0 aromatic rings. The Morgan fingerprint density at radius 3 is 1.67 bits per heavy atom. The van der Waals surface area contributed by atoms with Crippen LogP contribution in [0.15, 0.2) is 19.2 Å². The van der Waals surface area contributed by atoms with Gasteiger partial charge in [-0.1, -0.05) is 19.9 Å². The van der Waals surface area contributed by atoms with Crippen LogP contribution in [0.4, 0.5) is 0 Å². The van der Waals surface area contributed by atoms with Gasteiger partial charge in [0.15, 0.2) is 0 Å². The van der Waals surface area contributed by atoms with Crippen molar-refractivity contribution in [3.05, 3.63) is 25.3 Å². The zero-order chi connectivity index (χ0) is 6.83. The predicted molar refractivity (Wildman–Crippen MR) is 39.6 cm³/mol. The summed E-state index contributed by atoms with van der Waals surface area (Å²) in [6, 6.07) is 0. The minimum absolute atomic E-state index is 0. The third-order valence-corrected chi connectivity index (χ3v) is 0.539. The fourth-order valence-corrected chi connectivity index (χ4v) is 0. The largest absolute Gasteiger partial charge is 0.504 e. The number of allylic oxidation sites excluding steroid dienone is 2. The van der Waals surface area contributed by atoms with Crippen molar-refractivity contribution < 1.29 is 32.7 Å². The smallest absolute Gasteiger partial charge is 0 e. The van der Waals surface area contributed by atoms with Gasteiger partial charge < -0.3 is 6.08 Å². The second-order valence-corrected chi connectivity index (χ2v) is 1.30. The van der Waals surface area contributed by atoms with E-state index in [1.807, 2.05) is 13.0 Å². The van der Waals surface area contributed by atoms with Crippen LogP contribution in [0.5, 0.6) is 0 Å². The fraction of sp³-hybridized carbons (Fsp3) is 0.500. The van der Waals surface area contributed by atoms with Crippen molar-refractivity contribution in [1.29, 1.82) is 0 Å². The first-order valence-corrected chi connectivity index (χ1v) is 2.94. The topological polar surface area (TPSA) is 0 Å². The maximum Gasteiger partial charge on any atom is 0 e. The van der Waals surface area contributed by atoms with Crippen LogP contribution in [0.1, 0.15) is 26.7 Å². The van der Waals surface area contributed by atoms with E-state index in [2.05, 4.69) is 26.2 Å². The minimum Gasteiger partial charge on any atom is -0.504 e. The molecular formula is C8H15Y-. The summed E-state index contributed by atoms with van der Waals surface area (Å²) in [6.45, 7) is 10.9. The summed E-state index contributed by atoms with van der Waals surface area (Å²) >= 11 is 0. The van der Waals surface area contributed by atoms with Gasteiger partial charge in [-0.3, -0.25) is 6.58 Å². The number of hydrogen-bond donors (Lipinski definition) is 0. The van der Waals surface area contributed by atoms with E-state index in [4.69, 9.17) is 0 Å². The molecule has 0 N–H and O–H groups in total. The Morgan fingerprint density at radius 1 is 1.44 bits per heavy atom. The molecule has 0 saturated heterocycles. The molecule has 0 saturated carbocycles. The van der Waals surface area contributed by atoms with Gasteiger partial charge in [0.1, 0.15) is 0 Å². The molecule has 0 aliphatic rings. The van der Waals surface area contributed by atoms with E-state index >= 15 is 0 Å². The van der Waals surface area contributed by atoms with Crippen molar-refractivity contribution >= 4 is 0 Å². The van der Waals surface area contributed by atoms with Gasteiger partial charge in [-0.05, 0) is 6.42 Å². The van der Waals surface area contributed by atoms with Crippen LogP contribution in [0.25, 0.3) is 0 Å². The molecule has 0 heterocycles. The molecule has 0 aromatic heterocycles. The molecule has 0 amide bonds. The molecule has 1 radical (unpaired) electrons. The number of hydrogen-bond acceptors (Lipinski definition) is 0. The molecule has 0 bridgehead atoms. The Labute approximate surface area is 84.3 Å². The molecule has 0 nitrogen and oxygen atoms in total. The SMILES string of the molecule is C=CCC.C=[C-]CC.[Y]. The summed E-state index contributed by atoms with van der Waals surface area (Å²) in [5.74, 6) is 0. The molecule has 1 heteroatoms. The van der Waals surface area contributed by atoms with Crippen LogP contribution in [-0.4, -0.2) is 0 Å². The maximum atomic E-state index is 3.48. The summed E-state index contributed by atoms with van der Waals surface area (Å²) in [7, 11) is 0. The van der Waals surface area contributed by atoms with Gasteiger partial charge in [0.25, 0.3) is 0 Å². The zero-order valence-corrected chi connectivity index (χ0v) is 9.32. The summed E-state index contributed by atoms with van der Waals surface area (Å²) < 4.78 is 0. The van der Waals surface area contributed by atoms with Crippen LogP contribution in [-0.2, 0) is 32.7 Å². The summed E-state index contributed by atoms with van der Waals surface area (Å²) in [5, 5.41) is 0. The van der Waals surface area contributed by atoms with Crippen LogP contribution in [0.3, 0.4) is 0 Å². The molecule has 51 valence electrons. The van der Waals surface area contributed by atoms with Crippen molar-refractivity contribution in [2.45, 2.75) is 26.7 Å². The molecule has 0 fully saturated rings. The molecule has 0 rings (SSSR count). The van der Waals surface area contributed by atoms with Gasteiger partial charge in [0, 0.05) is 32.7 Å². The van der Waals surface area contributed by atoms with Crippen molar-refractivity contribution in [2.24, 2.45) is 0 Å². The third-order valence-electron chi connectivity index (χ3n) is 0.539. The van der Waals surface area contributed by atoms with E-state index in [-0.39, 0.29) is 32.7 Å². The quantitative estimate of drug-likeness (QED) is 0.474. The zero-order valence-electron chi connectivity index (χ0n) is 6.48. The van der Waals surface area contributed by atoms with Gasteiger partial charge in [-0.25, -0.2) is 0 Å². The van der Waals surface area contributed by atoms with Crippen LogP contribution in [0.2, 0.25) is 0 Å². The molecule has 0 aromatic carbocycles. The minimum atomic E-state index is 0. The Morgan fingerprint density at radius 2 is 1.67 bits per heavy atom. The van der Waals surface area contributed by atoms with Crippen molar-refractivity contribution in [2.75, 3.05) is 0 Å². The monoisotopic (exact) mass is 200 g/mol. The molecule has 0 atom stereocenters. The van der Waals surface area contributed by atoms with Crippen molar-refractivity contribution in [1.82, 2.24) is 0 Å². The van der Waals surface area contributed by atoms with E-state index in [0.717, 1.165) is 12.8 Å². The van der Waals surface area contributed by atoms with E-state index in [9.17, 15) is 0 Å². The van der Waals surface area contributed by atoms with Crippen molar-refractivity contribution in [3.63, 3.8) is 0 Å². The van der Waals surface area contributed by atoms with E-state index in [1.54, 1.807) is 0 Å². The van der Waals surface area contributed by atoms with E-state index in [1.165, 1.54) is 0 Å². The van der Waals surface area contributed by atoms with Crippen LogP contribution >= 0.6 is 0 Å². The average molecular weight is 200 g/mol. The molecule has 0 aliphatic heterocycles. The standard InChI is InChI=1S/C4H8.C4H7.Y/c2*1-3-4-2;/h3H,1,4H2,2H3;1,4H2,2H3;/q;-1;. The number of rotatable bonds is 2. The first-order valence-electron chi connectivity index (χ1n) is 2.94. The third kappa shape index (κ3) is 55.7. The first-order chi connectivity index (χ1) is 3.83. The Bertz CT molecular complexity index is 40.5. The van der Waals surface area contributed by atoms with Gasteiger partial charge in [-0.15, -0.1) is 6.58 Å². The fourth-order valence-electron chi connectivity index (χ4n) is 0. The maximum absolute atomic E-state index is 3.48. The molecule has 0 aliphatic carbocycles. The Balaban J connectivity index is -0.0000000720. The molecule has 0 spiro atoms.